The Hall–Kier alpha value is -1.66. The van der Waals surface area contributed by atoms with Crippen molar-refractivity contribution in [1.29, 1.82) is 0 Å². The Bertz CT molecular complexity index is 560. The second kappa shape index (κ2) is 6.19. The number of hydrogen-bond acceptors (Lipinski definition) is 5. The van der Waals surface area contributed by atoms with Gasteiger partial charge in [0.1, 0.15) is 6.61 Å². The van der Waals surface area contributed by atoms with Crippen LogP contribution in [0.3, 0.4) is 0 Å². The third-order valence-corrected chi connectivity index (χ3v) is 4.29. The normalized spacial score (nSPS) is 15.6. The third kappa shape index (κ3) is 3.26. The van der Waals surface area contributed by atoms with Crippen LogP contribution in [0, 0.1) is 0 Å². The molecule has 0 spiro atoms. The van der Waals surface area contributed by atoms with E-state index < -0.39 is 6.09 Å². The molecule has 6 heteroatoms. The number of thiazole rings is 1. The monoisotopic (exact) mass is 291 g/mol. The van der Waals surface area contributed by atoms with Gasteiger partial charge in [-0.1, -0.05) is 23.5 Å². The fourth-order valence-corrected chi connectivity index (χ4v) is 3.17. The maximum Gasteiger partial charge on any atom is 0.413 e. The van der Waals surface area contributed by atoms with Crippen LogP contribution >= 0.6 is 11.3 Å². The number of hydrogen-bond donors (Lipinski definition) is 1. The molecule has 0 unspecified atom stereocenters. The molecular formula is C14H17N3O2S. The minimum absolute atomic E-state index is 0.427. The highest BCUT2D eigenvalue weighted by Crippen LogP contribution is 2.25. The van der Waals surface area contributed by atoms with Gasteiger partial charge in [-0.05, 0) is 38.1 Å². The van der Waals surface area contributed by atoms with Crippen LogP contribution in [0.4, 0.5) is 9.93 Å². The molecule has 1 aromatic heterocycles. The molecule has 20 heavy (non-hydrogen) atoms. The van der Waals surface area contributed by atoms with E-state index in [2.05, 4.69) is 15.2 Å². The Kier molecular flexibility index (Phi) is 4.13. The van der Waals surface area contributed by atoms with Gasteiger partial charge in [0.05, 0.1) is 10.2 Å². The first-order valence-corrected chi connectivity index (χ1v) is 7.64. The largest absolute Gasteiger partial charge is 0.448 e. The molecule has 0 atom stereocenters. The lowest BCUT2D eigenvalue weighted by Crippen LogP contribution is -2.26. The second-order valence-electron chi connectivity index (χ2n) is 4.80. The summed E-state index contributed by atoms with van der Waals surface area (Å²) in [6.07, 6.45) is 2.07. The van der Waals surface area contributed by atoms with Gasteiger partial charge in [-0.2, -0.15) is 0 Å². The van der Waals surface area contributed by atoms with E-state index in [-0.39, 0.29) is 0 Å². The molecular weight excluding hydrogens is 274 g/mol. The van der Waals surface area contributed by atoms with E-state index in [0.29, 0.717) is 11.7 Å². The molecule has 1 fully saturated rings. The Balaban J connectivity index is 1.48. The SMILES string of the molecule is O=C(Nc1nc2ccccc2s1)OCCN1CCCC1. The molecule has 0 aliphatic carbocycles. The van der Waals surface area contributed by atoms with Crippen LogP contribution in [0.25, 0.3) is 10.2 Å². The molecule has 5 nitrogen and oxygen atoms in total. The van der Waals surface area contributed by atoms with Gasteiger partial charge in [-0.25, -0.2) is 9.78 Å². The van der Waals surface area contributed by atoms with E-state index in [9.17, 15) is 4.79 Å². The zero-order valence-electron chi connectivity index (χ0n) is 11.2. The average Bonchev–Trinajstić information content (AvgIpc) is 3.06. The smallest absolute Gasteiger partial charge is 0.413 e. The van der Waals surface area contributed by atoms with Crippen molar-refractivity contribution in [3.63, 3.8) is 0 Å². The van der Waals surface area contributed by atoms with E-state index >= 15 is 0 Å². The highest BCUT2D eigenvalue weighted by Gasteiger charge is 2.12. The Labute approximate surface area is 121 Å². The molecule has 1 N–H and O–H groups in total. The van der Waals surface area contributed by atoms with E-state index in [4.69, 9.17) is 4.74 Å². The number of ether oxygens (including phenoxy) is 1. The number of fused-ring (bicyclic) bond motifs is 1. The number of carbonyl (C=O) groups is 1. The summed E-state index contributed by atoms with van der Waals surface area (Å²) >= 11 is 1.45. The fraction of sp³-hybridized carbons (Fsp3) is 0.429. The average molecular weight is 291 g/mol. The second-order valence-corrected chi connectivity index (χ2v) is 5.83. The van der Waals surface area contributed by atoms with Crippen LogP contribution in [0.2, 0.25) is 0 Å². The van der Waals surface area contributed by atoms with Crippen LogP contribution in [0.15, 0.2) is 24.3 Å². The molecule has 0 saturated carbocycles. The summed E-state index contributed by atoms with van der Waals surface area (Å²) in [5.74, 6) is 0. The first-order valence-electron chi connectivity index (χ1n) is 6.83. The van der Waals surface area contributed by atoms with Crippen molar-refractivity contribution >= 4 is 32.8 Å². The first-order chi connectivity index (χ1) is 9.81. The van der Waals surface area contributed by atoms with Crippen LogP contribution in [0.5, 0.6) is 0 Å². The molecule has 2 heterocycles. The van der Waals surface area contributed by atoms with Crippen LogP contribution in [0.1, 0.15) is 12.8 Å². The molecule has 0 bridgehead atoms. The summed E-state index contributed by atoms with van der Waals surface area (Å²) in [6, 6.07) is 7.80. The molecule has 106 valence electrons. The number of aromatic nitrogens is 1. The van der Waals surface area contributed by atoms with Gasteiger partial charge in [0.25, 0.3) is 0 Å². The van der Waals surface area contributed by atoms with Crippen molar-refractivity contribution in [2.45, 2.75) is 12.8 Å². The summed E-state index contributed by atoms with van der Waals surface area (Å²) in [5, 5.41) is 3.27. The Morgan fingerprint density at radius 2 is 2.15 bits per heavy atom. The lowest BCUT2D eigenvalue weighted by atomic mass is 10.3. The number of anilines is 1. The van der Waals surface area contributed by atoms with Crippen molar-refractivity contribution < 1.29 is 9.53 Å². The van der Waals surface area contributed by atoms with Gasteiger partial charge in [0.15, 0.2) is 5.13 Å². The predicted octanol–water partition coefficient (Wildman–Crippen LogP) is 2.94. The van der Waals surface area contributed by atoms with Crippen molar-refractivity contribution in [3.8, 4) is 0 Å². The quantitative estimate of drug-likeness (QED) is 0.941. The molecule has 1 amide bonds. The Morgan fingerprint density at radius 3 is 2.95 bits per heavy atom. The lowest BCUT2D eigenvalue weighted by Gasteiger charge is -2.13. The van der Waals surface area contributed by atoms with E-state index in [1.165, 1.54) is 24.2 Å². The van der Waals surface area contributed by atoms with Gasteiger partial charge < -0.3 is 4.74 Å². The summed E-state index contributed by atoms with van der Waals surface area (Å²) in [6.45, 7) is 3.47. The maximum absolute atomic E-state index is 11.7. The van der Waals surface area contributed by atoms with Crippen molar-refractivity contribution in [2.75, 3.05) is 31.6 Å². The zero-order valence-corrected chi connectivity index (χ0v) is 12.0. The standard InChI is InChI=1S/C14H17N3O2S/c18-14(19-10-9-17-7-3-4-8-17)16-13-15-11-5-1-2-6-12(11)20-13/h1-2,5-6H,3-4,7-10H2,(H,15,16,18). The molecule has 1 saturated heterocycles. The van der Waals surface area contributed by atoms with Gasteiger partial charge in [0, 0.05) is 6.54 Å². The highest BCUT2D eigenvalue weighted by atomic mass is 32.1. The third-order valence-electron chi connectivity index (χ3n) is 3.34. The summed E-state index contributed by atoms with van der Waals surface area (Å²) in [7, 11) is 0. The van der Waals surface area contributed by atoms with E-state index in [0.717, 1.165) is 29.9 Å². The fourth-order valence-electron chi connectivity index (χ4n) is 2.32. The van der Waals surface area contributed by atoms with Crippen molar-refractivity contribution in [1.82, 2.24) is 9.88 Å². The van der Waals surface area contributed by atoms with Crippen molar-refractivity contribution in [2.24, 2.45) is 0 Å². The van der Waals surface area contributed by atoms with Crippen LogP contribution < -0.4 is 5.32 Å². The number of nitrogens with zero attached hydrogens (tertiary/aromatic N) is 2. The molecule has 2 aromatic rings. The minimum atomic E-state index is -0.428. The van der Waals surface area contributed by atoms with Crippen molar-refractivity contribution in [3.05, 3.63) is 24.3 Å². The number of para-hydroxylation sites is 1. The summed E-state index contributed by atoms with van der Waals surface area (Å²) < 4.78 is 6.23. The zero-order chi connectivity index (χ0) is 13.8. The van der Waals surface area contributed by atoms with Gasteiger partial charge in [-0.15, -0.1) is 0 Å². The lowest BCUT2D eigenvalue weighted by molar-refractivity contribution is 0.146. The van der Waals surface area contributed by atoms with Gasteiger partial charge in [-0.3, -0.25) is 10.2 Å². The van der Waals surface area contributed by atoms with Gasteiger partial charge >= 0.3 is 6.09 Å². The van der Waals surface area contributed by atoms with Gasteiger partial charge in [0.2, 0.25) is 0 Å². The maximum atomic E-state index is 11.7. The molecule has 1 aromatic carbocycles. The predicted molar refractivity (Wildman–Crippen MR) is 80.3 cm³/mol. The highest BCUT2D eigenvalue weighted by molar-refractivity contribution is 7.22. The minimum Gasteiger partial charge on any atom is -0.448 e. The number of nitrogens with one attached hydrogen (secondary N) is 1. The summed E-state index contributed by atoms with van der Waals surface area (Å²) in [4.78, 5) is 18.3. The molecule has 1 aliphatic heterocycles. The van der Waals surface area contributed by atoms with E-state index in [1.54, 1.807) is 0 Å². The number of rotatable bonds is 4. The number of carbonyl (C=O) groups excluding carboxylic acids is 1. The topological polar surface area (TPSA) is 54.5 Å². The Morgan fingerprint density at radius 1 is 1.35 bits per heavy atom. The molecule has 0 radical (unpaired) electrons. The molecule has 3 rings (SSSR count). The first kappa shape index (κ1) is 13.3. The number of likely N-dealkylation sites (tertiary alicyclic amines) is 1. The summed E-state index contributed by atoms with van der Waals surface area (Å²) in [5.41, 5.74) is 0.893. The number of amides is 1. The van der Waals surface area contributed by atoms with Crippen LogP contribution in [-0.4, -0.2) is 42.2 Å². The number of benzene rings is 1. The van der Waals surface area contributed by atoms with E-state index in [1.807, 2.05) is 24.3 Å². The van der Waals surface area contributed by atoms with Crippen LogP contribution in [-0.2, 0) is 4.74 Å². The molecule has 1 aliphatic rings.